The van der Waals surface area contributed by atoms with Gasteiger partial charge in [0.15, 0.2) is 0 Å². The number of amides is 2. The number of terminal acetylenes is 1. The van der Waals surface area contributed by atoms with Crippen LogP contribution in [0.25, 0.3) is 0 Å². The van der Waals surface area contributed by atoms with Gasteiger partial charge in [-0.05, 0) is 6.92 Å². The Labute approximate surface area is 109 Å². The summed E-state index contributed by atoms with van der Waals surface area (Å²) in [6.07, 6.45) is 6.95. The van der Waals surface area contributed by atoms with Crippen LogP contribution in [0.5, 0.6) is 0 Å². The second-order valence-electron chi connectivity index (χ2n) is 4.10. The number of carbonyl (C=O) groups excluding carboxylic acids is 1. The highest BCUT2D eigenvalue weighted by molar-refractivity contribution is 6.03. The second kappa shape index (κ2) is 5.07. The minimum atomic E-state index is -0.606. The number of rotatable bonds is 4. The minimum Gasteiger partial charge on any atom is -0.394 e. The van der Waals surface area contributed by atoms with Crippen LogP contribution in [-0.4, -0.2) is 49.5 Å². The quantitative estimate of drug-likeness (QED) is 0.685. The fourth-order valence-electron chi connectivity index (χ4n) is 1.90. The highest BCUT2D eigenvalue weighted by Gasteiger charge is 2.38. The van der Waals surface area contributed by atoms with E-state index in [9.17, 15) is 4.79 Å². The average molecular weight is 262 g/mol. The number of aromatic nitrogens is 3. The SMILES string of the molecule is C#CC(C)N1C(=O)N=C(N)C1c1cn(CCO)nn1. The zero-order valence-electron chi connectivity index (χ0n) is 10.4. The number of aliphatic imine (C=N–C) groups is 1. The highest BCUT2D eigenvalue weighted by Crippen LogP contribution is 2.27. The van der Waals surface area contributed by atoms with Gasteiger partial charge in [-0.3, -0.25) is 4.90 Å². The molecule has 8 heteroatoms. The lowest BCUT2D eigenvalue weighted by Crippen LogP contribution is -2.39. The van der Waals surface area contributed by atoms with Crippen LogP contribution in [-0.2, 0) is 6.54 Å². The van der Waals surface area contributed by atoms with E-state index in [0.29, 0.717) is 12.2 Å². The smallest absolute Gasteiger partial charge is 0.347 e. The molecule has 0 radical (unpaired) electrons. The van der Waals surface area contributed by atoms with E-state index in [1.807, 2.05) is 0 Å². The summed E-state index contributed by atoms with van der Waals surface area (Å²) >= 11 is 0. The van der Waals surface area contributed by atoms with Gasteiger partial charge in [-0.15, -0.1) is 11.5 Å². The van der Waals surface area contributed by atoms with Crippen molar-refractivity contribution in [3.8, 4) is 12.3 Å². The standard InChI is InChI=1S/C11H14N6O2/c1-3-7(2)17-9(10(12)13-11(17)19)8-6-16(4-5-18)15-14-8/h1,6-7,9,18H,4-5H2,2H3,(H2,12,13,19). The number of aliphatic hydroxyl groups is 1. The summed E-state index contributed by atoms with van der Waals surface area (Å²) in [4.78, 5) is 16.9. The van der Waals surface area contributed by atoms with E-state index in [1.54, 1.807) is 13.1 Å². The molecule has 2 unspecified atom stereocenters. The summed E-state index contributed by atoms with van der Waals surface area (Å²) in [5.41, 5.74) is 6.23. The maximum atomic E-state index is 11.8. The number of hydrogen-bond donors (Lipinski definition) is 2. The van der Waals surface area contributed by atoms with E-state index < -0.39 is 18.1 Å². The lowest BCUT2D eigenvalue weighted by atomic mass is 10.1. The molecule has 0 fully saturated rings. The Kier molecular flexibility index (Phi) is 3.48. The fourth-order valence-corrected chi connectivity index (χ4v) is 1.90. The van der Waals surface area contributed by atoms with Crippen molar-refractivity contribution in [3.63, 3.8) is 0 Å². The lowest BCUT2D eigenvalue weighted by Gasteiger charge is -2.25. The van der Waals surface area contributed by atoms with Crippen molar-refractivity contribution in [2.75, 3.05) is 6.61 Å². The van der Waals surface area contributed by atoms with Gasteiger partial charge in [-0.2, -0.15) is 4.99 Å². The zero-order valence-corrected chi connectivity index (χ0v) is 10.4. The average Bonchev–Trinajstić information content (AvgIpc) is 2.93. The summed E-state index contributed by atoms with van der Waals surface area (Å²) in [5.74, 6) is 2.61. The van der Waals surface area contributed by atoms with Crippen molar-refractivity contribution in [1.82, 2.24) is 19.9 Å². The third-order valence-electron chi connectivity index (χ3n) is 2.83. The van der Waals surface area contributed by atoms with Gasteiger partial charge in [-0.1, -0.05) is 11.1 Å². The first-order valence-corrected chi connectivity index (χ1v) is 5.72. The second-order valence-corrected chi connectivity index (χ2v) is 4.10. The summed E-state index contributed by atoms with van der Waals surface area (Å²) in [6, 6.07) is -1.54. The van der Waals surface area contributed by atoms with Gasteiger partial charge in [0, 0.05) is 0 Å². The number of nitrogens with zero attached hydrogens (tertiary/aromatic N) is 5. The van der Waals surface area contributed by atoms with Crippen LogP contribution < -0.4 is 5.73 Å². The summed E-state index contributed by atoms with van der Waals surface area (Å²) in [6.45, 7) is 1.97. The first kappa shape index (κ1) is 13.0. The number of urea groups is 1. The Bertz CT molecular complexity index is 558. The third-order valence-corrected chi connectivity index (χ3v) is 2.83. The van der Waals surface area contributed by atoms with Gasteiger partial charge in [0.25, 0.3) is 0 Å². The zero-order chi connectivity index (χ0) is 14.0. The molecule has 8 nitrogen and oxygen atoms in total. The Morgan fingerprint density at radius 3 is 3.05 bits per heavy atom. The van der Waals surface area contributed by atoms with E-state index in [4.69, 9.17) is 17.3 Å². The number of nitrogens with two attached hydrogens (primary N) is 1. The lowest BCUT2D eigenvalue weighted by molar-refractivity contribution is 0.198. The molecule has 1 aromatic heterocycles. The van der Waals surface area contributed by atoms with Crippen molar-refractivity contribution >= 4 is 11.9 Å². The van der Waals surface area contributed by atoms with E-state index in [1.165, 1.54) is 9.58 Å². The Morgan fingerprint density at radius 2 is 2.42 bits per heavy atom. The molecule has 2 rings (SSSR count). The molecule has 0 aliphatic carbocycles. The largest absolute Gasteiger partial charge is 0.394 e. The van der Waals surface area contributed by atoms with Gasteiger partial charge in [0.2, 0.25) is 0 Å². The molecule has 2 heterocycles. The molecule has 1 aliphatic rings. The number of hydrogen-bond acceptors (Lipinski definition) is 5. The van der Waals surface area contributed by atoms with Crippen LogP contribution in [0.4, 0.5) is 4.79 Å². The highest BCUT2D eigenvalue weighted by atomic mass is 16.3. The Morgan fingerprint density at radius 1 is 1.68 bits per heavy atom. The summed E-state index contributed by atoms with van der Waals surface area (Å²) < 4.78 is 1.46. The molecule has 1 aromatic rings. The van der Waals surface area contributed by atoms with E-state index in [-0.39, 0.29) is 12.4 Å². The summed E-state index contributed by atoms with van der Waals surface area (Å²) in [5, 5.41) is 16.6. The van der Waals surface area contributed by atoms with Crippen LogP contribution in [0, 0.1) is 12.3 Å². The predicted octanol–water partition coefficient (Wildman–Crippen LogP) is -0.874. The monoisotopic (exact) mass is 262 g/mol. The van der Waals surface area contributed by atoms with E-state index in [0.717, 1.165) is 0 Å². The number of aliphatic hydroxyl groups excluding tert-OH is 1. The molecule has 3 N–H and O–H groups in total. The molecule has 0 saturated carbocycles. The summed E-state index contributed by atoms with van der Waals surface area (Å²) in [7, 11) is 0. The normalized spacial score (nSPS) is 20.3. The van der Waals surface area contributed by atoms with E-state index in [2.05, 4.69) is 21.2 Å². The molecule has 2 atom stereocenters. The van der Waals surface area contributed by atoms with Gasteiger partial charge in [-0.25, -0.2) is 9.48 Å². The molecule has 19 heavy (non-hydrogen) atoms. The molecule has 0 saturated heterocycles. The maximum Gasteiger partial charge on any atom is 0.347 e. The number of carbonyl (C=O) groups is 1. The molecule has 0 bridgehead atoms. The molecule has 1 aliphatic heterocycles. The third kappa shape index (κ3) is 2.28. The van der Waals surface area contributed by atoms with Crippen molar-refractivity contribution in [2.24, 2.45) is 10.7 Å². The number of amidine groups is 1. The van der Waals surface area contributed by atoms with Crippen molar-refractivity contribution < 1.29 is 9.90 Å². The predicted molar refractivity (Wildman–Crippen MR) is 67.0 cm³/mol. The first-order valence-electron chi connectivity index (χ1n) is 5.72. The van der Waals surface area contributed by atoms with Crippen LogP contribution in [0.2, 0.25) is 0 Å². The van der Waals surface area contributed by atoms with Crippen molar-refractivity contribution in [1.29, 1.82) is 0 Å². The molecule has 100 valence electrons. The van der Waals surface area contributed by atoms with E-state index >= 15 is 0 Å². The van der Waals surface area contributed by atoms with Crippen molar-refractivity contribution in [2.45, 2.75) is 25.6 Å². The van der Waals surface area contributed by atoms with Crippen molar-refractivity contribution in [3.05, 3.63) is 11.9 Å². The molecule has 0 aromatic carbocycles. The van der Waals surface area contributed by atoms with Crippen LogP contribution in [0.3, 0.4) is 0 Å². The first-order chi connectivity index (χ1) is 9.08. The van der Waals surface area contributed by atoms with Crippen LogP contribution >= 0.6 is 0 Å². The van der Waals surface area contributed by atoms with Gasteiger partial charge in [0.1, 0.15) is 17.6 Å². The Hall–Kier alpha value is -2.40. The van der Waals surface area contributed by atoms with Gasteiger partial charge < -0.3 is 10.8 Å². The Balaban J connectivity index is 2.32. The van der Waals surface area contributed by atoms with Gasteiger partial charge >= 0.3 is 6.03 Å². The maximum absolute atomic E-state index is 11.8. The topological polar surface area (TPSA) is 110 Å². The van der Waals surface area contributed by atoms with Gasteiger partial charge in [0.05, 0.1) is 25.4 Å². The molecular formula is C11H14N6O2. The van der Waals surface area contributed by atoms with Crippen LogP contribution in [0.15, 0.2) is 11.2 Å². The minimum absolute atomic E-state index is 0.0551. The molecule has 2 amide bonds. The fraction of sp³-hybridized carbons (Fsp3) is 0.455. The molecular weight excluding hydrogens is 248 g/mol. The van der Waals surface area contributed by atoms with Crippen LogP contribution in [0.1, 0.15) is 18.7 Å². The molecule has 0 spiro atoms.